The van der Waals surface area contributed by atoms with Gasteiger partial charge in [-0.1, -0.05) is 103 Å². The molecule has 0 atom stereocenters. The summed E-state index contributed by atoms with van der Waals surface area (Å²) in [5.41, 5.74) is 9.02. The quantitative estimate of drug-likeness (QED) is 0.224. The molecule has 6 aromatic carbocycles. The lowest BCUT2D eigenvalue weighted by Gasteiger charge is -2.10. The summed E-state index contributed by atoms with van der Waals surface area (Å²) >= 11 is 0. The molecular formula is C38H22N2O2. The van der Waals surface area contributed by atoms with Gasteiger partial charge in [-0.2, -0.15) is 0 Å². The highest BCUT2D eigenvalue weighted by Gasteiger charge is 2.22. The van der Waals surface area contributed by atoms with Crippen LogP contribution in [0.2, 0.25) is 0 Å². The van der Waals surface area contributed by atoms with E-state index in [2.05, 4.69) is 78.9 Å². The maximum Gasteiger partial charge on any atom is 0.180 e. The first-order valence-electron chi connectivity index (χ1n) is 14.0. The Labute approximate surface area is 240 Å². The van der Waals surface area contributed by atoms with Gasteiger partial charge in [0.15, 0.2) is 11.4 Å². The summed E-state index contributed by atoms with van der Waals surface area (Å²) in [6.07, 6.45) is 0. The molecule has 0 fully saturated rings. The van der Waals surface area contributed by atoms with Gasteiger partial charge < -0.3 is 8.83 Å². The molecule has 42 heavy (non-hydrogen) atoms. The fourth-order valence-electron chi connectivity index (χ4n) is 6.09. The predicted octanol–water partition coefficient (Wildman–Crippen LogP) is 10.4. The van der Waals surface area contributed by atoms with Gasteiger partial charge in [-0.15, -0.1) is 0 Å². The first-order valence-corrected chi connectivity index (χ1v) is 14.0. The highest BCUT2D eigenvalue weighted by molar-refractivity contribution is 6.21. The largest absolute Gasteiger partial charge is 0.455 e. The van der Waals surface area contributed by atoms with Crippen molar-refractivity contribution >= 4 is 54.8 Å². The summed E-state index contributed by atoms with van der Waals surface area (Å²) < 4.78 is 13.0. The molecule has 0 aliphatic heterocycles. The van der Waals surface area contributed by atoms with Crippen molar-refractivity contribution in [2.75, 3.05) is 0 Å². The number of rotatable bonds is 3. The summed E-state index contributed by atoms with van der Waals surface area (Å²) in [6.45, 7) is 0. The number of hydrogen-bond donors (Lipinski definition) is 0. The van der Waals surface area contributed by atoms with Crippen molar-refractivity contribution in [3.8, 4) is 33.8 Å². The summed E-state index contributed by atoms with van der Waals surface area (Å²) in [4.78, 5) is 10.2. The van der Waals surface area contributed by atoms with Crippen molar-refractivity contribution < 1.29 is 8.83 Å². The van der Waals surface area contributed by atoms with Gasteiger partial charge in [0.25, 0.3) is 0 Å². The molecule has 4 nitrogen and oxygen atoms in total. The zero-order valence-electron chi connectivity index (χ0n) is 22.4. The molecule has 9 aromatic rings. The maximum absolute atomic E-state index is 6.52. The summed E-state index contributed by atoms with van der Waals surface area (Å²) in [7, 11) is 0. The number of para-hydroxylation sites is 1. The molecular weight excluding hydrogens is 516 g/mol. The lowest BCUT2D eigenvalue weighted by molar-refractivity contribution is 0.667. The van der Waals surface area contributed by atoms with E-state index in [4.69, 9.17) is 18.8 Å². The average molecular weight is 539 g/mol. The lowest BCUT2D eigenvalue weighted by atomic mass is 9.96. The fourth-order valence-corrected chi connectivity index (χ4v) is 6.09. The van der Waals surface area contributed by atoms with Crippen molar-refractivity contribution in [1.29, 1.82) is 0 Å². The van der Waals surface area contributed by atoms with Gasteiger partial charge in [0.05, 0.1) is 0 Å². The number of furan rings is 2. The monoisotopic (exact) mass is 538 g/mol. The summed E-state index contributed by atoms with van der Waals surface area (Å²) in [5, 5.41) is 5.16. The van der Waals surface area contributed by atoms with E-state index >= 15 is 0 Å². The van der Waals surface area contributed by atoms with Crippen LogP contribution in [0.25, 0.3) is 88.6 Å². The number of benzene rings is 6. The van der Waals surface area contributed by atoms with Gasteiger partial charge in [-0.3, -0.25) is 0 Å². The Morgan fingerprint density at radius 3 is 1.86 bits per heavy atom. The van der Waals surface area contributed by atoms with Gasteiger partial charge in [0.1, 0.15) is 28.0 Å². The van der Waals surface area contributed by atoms with E-state index < -0.39 is 0 Å². The third-order valence-corrected chi connectivity index (χ3v) is 8.09. The van der Waals surface area contributed by atoms with Gasteiger partial charge in [0, 0.05) is 32.7 Å². The standard InChI is InChI=1S/C38H22N2O2/c1-3-11-23(12-4-1)25-19-20-33-29(21-25)31-22-30(26-15-7-8-16-27(26)36(31)41-33)35-37-34(28-17-9-10-18-32(28)42-37)39-38(40-35)24-13-5-2-6-14-24/h1-22H. The van der Waals surface area contributed by atoms with E-state index in [1.165, 1.54) is 5.56 Å². The van der Waals surface area contributed by atoms with Crippen LogP contribution >= 0.6 is 0 Å². The lowest BCUT2D eigenvalue weighted by Crippen LogP contribution is -1.94. The van der Waals surface area contributed by atoms with Gasteiger partial charge in [-0.25, -0.2) is 9.97 Å². The second-order valence-corrected chi connectivity index (χ2v) is 10.6. The molecule has 0 aliphatic rings. The SMILES string of the molecule is c1ccc(-c2ccc3oc4c5ccccc5c(-c5nc(-c6ccccc6)nc6c5oc5ccccc56)cc4c3c2)cc1. The molecule has 0 amide bonds. The van der Waals surface area contributed by atoms with Gasteiger partial charge in [-0.05, 0) is 46.8 Å². The first kappa shape index (κ1) is 23.0. The molecule has 3 aromatic heterocycles. The van der Waals surface area contributed by atoms with E-state index in [0.717, 1.165) is 71.6 Å². The third kappa shape index (κ3) is 3.42. The van der Waals surface area contributed by atoms with Crippen LogP contribution in [0, 0.1) is 0 Å². The molecule has 0 spiro atoms. The van der Waals surface area contributed by atoms with E-state index in [1.807, 2.05) is 54.6 Å². The van der Waals surface area contributed by atoms with Gasteiger partial charge >= 0.3 is 0 Å². The van der Waals surface area contributed by atoms with Crippen LogP contribution in [-0.4, -0.2) is 9.97 Å². The van der Waals surface area contributed by atoms with Crippen molar-refractivity contribution in [3.63, 3.8) is 0 Å². The van der Waals surface area contributed by atoms with Crippen LogP contribution in [0.15, 0.2) is 142 Å². The van der Waals surface area contributed by atoms with Gasteiger partial charge in [0.2, 0.25) is 0 Å². The highest BCUT2D eigenvalue weighted by atomic mass is 16.3. The molecule has 0 radical (unpaired) electrons. The van der Waals surface area contributed by atoms with Crippen molar-refractivity contribution in [3.05, 3.63) is 133 Å². The Morgan fingerprint density at radius 1 is 0.405 bits per heavy atom. The fraction of sp³-hybridized carbons (Fsp3) is 0. The Kier molecular flexibility index (Phi) is 4.87. The first-order chi connectivity index (χ1) is 20.8. The zero-order chi connectivity index (χ0) is 27.6. The minimum atomic E-state index is 0.664. The zero-order valence-corrected chi connectivity index (χ0v) is 22.4. The van der Waals surface area contributed by atoms with E-state index in [-0.39, 0.29) is 0 Å². The molecule has 9 rings (SSSR count). The summed E-state index contributed by atoms with van der Waals surface area (Å²) in [5.74, 6) is 0.664. The second-order valence-electron chi connectivity index (χ2n) is 10.6. The average Bonchev–Trinajstić information content (AvgIpc) is 3.63. The number of aromatic nitrogens is 2. The van der Waals surface area contributed by atoms with Crippen LogP contribution in [0.4, 0.5) is 0 Å². The van der Waals surface area contributed by atoms with Crippen LogP contribution in [-0.2, 0) is 0 Å². The number of hydrogen-bond acceptors (Lipinski definition) is 4. The van der Waals surface area contributed by atoms with E-state index in [1.54, 1.807) is 0 Å². The smallest absolute Gasteiger partial charge is 0.180 e. The summed E-state index contributed by atoms with van der Waals surface area (Å²) in [6, 6.07) is 45.6. The predicted molar refractivity (Wildman–Crippen MR) is 170 cm³/mol. The highest BCUT2D eigenvalue weighted by Crippen LogP contribution is 2.43. The Morgan fingerprint density at radius 2 is 1.05 bits per heavy atom. The van der Waals surface area contributed by atoms with E-state index in [9.17, 15) is 0 Å². The normalized spacial score (nSPS) is 11.8. The maximum atomic E-state index is 6.52. The van der Waals surface area contributed by atoms with Crippen molar-refractivity contribution in [2.24, 2.45) is 0 Å². The molecule has 0 bridgehead atoms. The van der Waals surface area contributed by atoms with Crippen LogP contribution in [0.1, 0.15) is 0 Å². The second kappa shape index (κ2) is 8.88. The van der Waals surface area contributed by atoms with E-state index in [0.29, 0.717) is 11.4 Å². The Hall–Kier alpha value is -5.74. The van der Waals surface area contributed by atoms with Crippen molar-refractivity contribution in [2.45, 2.75) is 0 Å². The van der Waals surface area contributed by atoms with Crippen LogP contribution in [0.3, 0.4) is 0 Å². The minimum Gasteiger partial charge on any atom is -0.455 e. The molecule has 4 heteroatoms. The Bertz CT molecular complexity index is 2460. The number of fused-ring (bicyclic) bond motifs is 8. The minimum absolute atomic E-state index is 0.664. The van der Waals surface area contributed by atoms with Crippen LogP contribution in [0.5, 0.6) is 0 Å². The topological polar surface area (TPSA) is 52.1 Å². The van der Waals surface area contributed by atoms with Crippen LogP contribution < -0.4 is 0 Å². The Balaban J connectivity index is 1.41. The van der Waals surface area contributed by atoms with Crippen molar-refractivity contribution in [1.82, 2.24) is 9.97 Å². The molecule has 3 heterocycles. The molecule has 196 valence electrons. The molecule has 0 aliphatic carbocycles. The molecule has 0 saturated carbocycles. The third-order valence-electron chi connectivity index (χ3n) is 8.09. The molecule has 0 N–H and O–H groups in total. The molecule has 0 unspecified atom stereocenters. The number of nitrogens with zero attached hydrogens (tertiary/aromatic N) is 2. The molecule has 0 saturated heterocycles.